The highest BCUT2D eigenvalue weighted by Crippen LogP contribution is 2.27. The van der Waals surface area contributed by atoms with Crippen molar-refractivity contribution in [3.8, 4) is 17.3 Å². The smallest absolute Gasteiger partial charge is 0.187 e. The van der Waals surface area contributed by atoms with Gasteiger partial charge in [0.1, 0.15) is 23.6 Å². The number of para-hydroxylation sites is 1. The zero-order valence-electron chi connectivity index (χ0n) is 14.4. The number of hydrogen-bond donors (Lipinski definition) is 0. The van der Waals surface area contributed by atoms with Crippen LogP contribution in [0.2, 0.25) is 0 Å². The second kappa shape index (κ2) is 6.49. The molecule has 0 saturated heterocycles. The van der Waals surface area contributed by atoms with E-state index in [-0.39, 0.29) is 0 Å². The van der Waals surface area contributed by atoms with Crippen LogP contribution in [0.1, 0.15) is 5.56 Å². The molecular formula is C21H15N5O. The minimum absolute atomic E-state index is 0.437. The van der Waals surface area contributed by atoms with Crippen molar-refractivity contribution in [3.05, 3.63) is 84.8 Å². The summed E-state index contributed by atoms with van der Waals surface area (Å²) >= 11 is 0. The SMILES string of the molecule is c1cncc(COc2cccc3ccc(-c4nnc5ccccn45)nc23)c1. The number of nitrogens with zero attached hydrogens (tertiary/aromatic N) is 5. The first-order chi connectivity index (χ1) is 13.4. The molecule has 0 unspecified atom stereocenters. The lowest BCUT2D eigenvalue weighted by atomic mass is 10.2. The van der Waals surface area contributed by atoms with Gasteiger partial charge in [-0.05, 0) is 30.3 Å². The lowest BCUT2D eigenvalue weighted by molar-refractivity contribution is 0.309. The third-order valence-corrected chi connectivity index (χ3v) is 4.34. The van der Waals surface area contributed by atoms with Crippen LogP contribution in [0.25, 0.3) is 28.1 Å². The average molecular weight is 353 g/mol. The zero-order chi connectivity index (χ0) is 18.1. The molecule has 0 N–H and O–H groups in total. The first kappa shape index (κ1) is 15.5. The van der Waals surface area contributed by atoms with Gasteiger partial charge in [0, 0.05) is 29.5 Å². The van der Waals surface area contributed by atoms with Crippen LogP contribution in [0, 0.1) is 0 Å². The van der Waals surface area contributed by atoms with E-state index in [0.29, 0.717) is 12.4 Å². The second-order valence-corrected chi connectivity index (χ2v) is 6.13. The molecule has 6 heteroatoms. The van der Waals surface area contributed by atoms with Crippen molar-refractivity contribution in [1.82, 2.24) is 24.6 Å². The maximum atomic E-state index is 6.02. The monoisotopic (exact) mass is 353 g/mol. The normalized spacial score (nSPS) is 11.1. The second-order valence-electron chi connectivity index (χ2n) is 6.13. The van der Waals surface area contributed by atoms with Gasteiger partial charge in [0.2, 0.25) is 0 Å². The Kier molecular flexibility index (Phi) is 3.72. The van der Waals surface area contributed by atoms with Crippen LogP contribution in [0.15, 0.2) is 79.3 Å². The Bertz CT molecular complexity index is 1230. The fraction of sp³-hybridized carbons (Fsp3) is 0.0476. The molecule has 6 nitrogen and oxygen atoms in total. The fourth-order valence-corrected chi connectivity index (χ4v) is 3.02. The van der Waals surface area contributed by atoms with E-state index >= 15 is 0 Å². The van der Waals surface area contributed by atoms with Gasteiger partial charge in [-0.2, -0.15) is 0 Å². The molecule has 0 radical (unpaired) electrons. The Morgan fingerprint density at radius 2 is 1.89 bits per heavy atom. The number of ether oxygens (including phenoxy) is 1. The Hall–Kier alpha value is -3.80. The fourth-order valence-electron chi connectivity index (χ4n) is 3.02. The van der Waals surface area contributed by atoms with Crippen molar-refractivity contribution in [2.24, 2.45) is 0 Å². The predicted octanol–water partition coefficient (Wildman–Crippen LogP) is 3.92. The Morgan fingerprint density at radius 1 is 0.889 bits per heavy atom. The van der Waals surface area contributed by atoms with E-state index in [4.69, 9.17) is 9.72 Å². The van der Waals surface area contributed by atoms with Crippen LogP contribution in [0.5, 0.6) is 5.75 Å². The summed E-state index contributed by atoms with van der Waals surface area (Å²) in [6.07, 6.45) is 5.48. The van der Waals surface area contributed by atoms with Gasteiger partial charge in [-0.25, -0.2) is 4.98 Å². The molecular weight excluding hydrogens is 338 g/mol. The molecule has 0 fully saturated rings. The van der Waals surface area contributed by atoms with Gasteiger partial charge < -0.3 is 4.74 Å². The highest BCUT2D eigenvalue weighted by atomic mass is 16.5. The quantitative estimate of drug-likeness (QED) is 0.490. The van der Waals surface area contributed by atoms with E-state index in [2.05, 4.69) is 15.2 Å². The van der Waals surface area contributed by atoms with Gasteiger partial charge in [0.25, 0.3) is 0 Å². The highest BCUT2D eigenvalue weighted by Gasteiger charge is 2.11. The molecule has 0 atom stereocenters. The largest absolute Gasteiger partial charge is 0.487 e. The lowest BCUT2D eigenvalue weighted by Gasteiger charge is -2.09. The lowest BCUT2D eigenvalue weighted by Crippen LogP contribution is -1.98. The number of hydrogen-bond acceptors (Lipinski definition) is 5. The van der Waals surface area contributed by atoms with Gasteiger partial charge in [-0.1, -0.05) is 30.3 Å². The van der Waals surface area contributed by atoms with Gasteiger partial charge in [0.15, 0.2) is 11.5 Å². The molecule has 5 rings (SSSR count). The van der Waals surface area contributed by atoms with E-state index in [0.717, 1.165) is 33.6 Å². The summed E-state index contributed by atoms with van der Waals surface area (Å²) in [5.74, 6) is 1.43. The predicted molar refractivity (Wildman–Crippen MR) is 102 cm³/mol. The summed E-state index contributed by atoms with van der Waals surface area (Å²) < 4.78 is 7.94. The first-order valence-corrected chi connectivity index (χ1v) is 8.60. The van der Waals surface area contributed by atoms with Crippen molar-refractivity contribution in [2.75, 3.05) is 0 Å². The van der Waals surface area contributed by atoms with Crippen LogP contribution in [-0.4, -0.2) is 24.6 Å². The van der Waals surface area contributed by atoms with Crippen LogP contribution < -0.4 is 4.74 Å². The summed E-state index contributed by atoms with van der Waals surface area (Å²) in [4.78, 5) is 8.94. The third kappa shape index (κ3) is 2.87. The van der Waals surface area contributed by atoms with Crippen molar-refractivity contribution >= 4 is 16.6 Å². The van der Waals surface area contributed by atoms with Gasteiger partial charge in [0.05, 0.1) is 0 Å². The molecule has 5 aromatic rings. The average Bonchev–Trinajstić information content (AvgIpc) is 3.17. The van der Waals surface area contributed by atoms with E-state index < -0.39 is 0 Å². The Balaban J connectivity index is 1.56. The van der Waals surface area contributed by atoms with E-state index in [9.17, 15) is 0 Å². The molecule has 4 heterocycles. The standard InChI is InChI=1S/C21H15N5O/c1-2-12-26-19(8-1)24-25-21(26)17-10-9-16-6-3-7-18(20(16)23-17)27-14-15-5-4-11-22-13-15/h1-13H,14H2. The zero-order valence-corrected chi connectivity index (χ0v) is 14.4. The van der Waals surface area contributed by atoms with Crippen molar-refractivity contribution in [2.45, 2.75) is 6.61 Å². The summed E-state index contributed by atoms with van der Waals surface area (Å²) in [5, 5.41) is 9.52. The number of aromatic nitrogens is 5. The van der Waals surface area contributed by atoms with Crippen molar-refractivity contribution < 1.29 is 4.74 Å². The molecule has 27 heavy (non-hydrogen) atoms. The van der Waals surface area contributed by atoms with Gasteiger partial charge >= 0.3 is 0 Å². The van der Waals surface area contributed by atoms with Gasteiger partial charge in [-0.3, -0.25) is 9.38 Å². The topological polar surface area (TPSA) is 65.2 Å². The Morgan fingerprint density at radius 3 is 2.81 bits per heavy atom. The molecule has 0 spiro atoms. The molecule has 0 bridgehead atoms. The maximum absolute atomic E-state index is 6.02. The molecule has 1 aromatic carbocycles. The minimum atomic E-state index is 0.437. The van der Waals surface area contributed by atoms with Crippen molar-refractivity contribution in [1.29, 1.82) is 0 Å². The van der Waals surface area contributed by atoms with Crippen LogP contribution in [0.4, 0.5) is 0 Å². The number of fused-ring (bicyclic) bond motifs is 2. The van der Waals surface area contributed by atoms with Gasteiger partial charge in [-0.15, -0.1) is 10.2 Å². The number of pyridine rings is 3. The molecule has 4 aromatic heterocycles. The van der Waals surface area contributed by atoms with Crippen LogP contribution >= 0.6 is 0 Å². The summed E-state index contributed by atoms with van der Waals surface area (Å²) in [5.41, 5.74) is 3.34. The highest BCUT2D eigenvalue weighted by molar-refractivity contribution is 5.86. The summed E-state index contributed by atoms with van der Waals surface area (Å²) in [6, 6.07) is 19.6. The summed E-state index contributed by atoms with van der Waals surface area (Å²) in [7, 11) is 0. The Labute approximate surface area is 155 Å². The van der Waals surface area contributed by atoms with Crippen molar-refractivity contribution in [3.63, 3.8) is 0 Å². The van der Waals surface area contributed by atoms with E-state index in [1.807, 2.05) is 71.3 Å². The summed E-state index contributed by atoms with van der Waals surface area (Å²) in [6.45, 7) is 0.437. The minimum Gasteiger partial charge on any atom is -0.487 e. The molecule has 0 aliphatic carbocycles. The van der Waals surface area contributed by atoms with Crippen LogP contribution in [0.3, 0.4) is 0 Å². The number of rotatable bonds is 4. The number of benzene rings is 1. The molecule has 0 saturated carbocycles. The molecule has 0 aliphatic rings. The third-order valence-electron chi connectivity index (χ3n) is 4.34. The van der Waals surface area contributed by atoms with E-state index in [1.165, 1.54) is 0 Å². The van der Waals surface area contributed by atoms with Crippen LogP contribution in [-0.2, 0) is 6.61 Å². The van der Waals surface area contributed by atoms with E-state index in [1.54, 1.807) is 12.4 Å². The molecule has 130 valence electrons. The molecule has 0 aliphatic heterocycles. The maximum Gasteiger partial charge on any atom is 0.187 e. The first-order valence-electron chi connectivity index (χ1n) is 8.60. The molecule has 0 amide bonds.